The van der Waals surface area contributed by atoms with Crippen LogP contribution in [0.15, 0.2) is 530 Å². The second-order valence-electron chi connectivity index (χ2n) is 36.7. The first kappa shape index (κ1) is 82.1. The molecule has 9 heteroatoms. The third kappa shape index (κ3) is 13.9. The van der Waals surface area contributed by atoms with E-state index in [0.717, 1.165) is 216 Å². The molecule has 0 aliphatic carbocycles. The minimum atomic E-state index is 0.862. The molecule has 0 atom stereocenters. The van der Waals surface area contributed by atoms with E-state index in [4.69, 9.17) is 26.5 Å². The lowest BCUT2D eigenvalue weighted by molar-refractivity contribution is 0.668. The number of hydrogen-bond acceptors (Lipinski definition) is 9. The van der Waals surface area contributed by atoms with E-state index in [-0.39, 0.29) is 0 Å². The number of furan rings is 6. The Hall–Kier alpha value is -19.2. The third-order valence-electron chi connectivity index (χ3n) is 28.6. The predicted octanol–water partition coefficient (Wildman–Crippen LogP) is 39.3. The molecule has 6 aromatic heterocycles. The molecular weight excluding hydrogens is 1750 g/mol. The fourth-order valence-corrected chi connectivity index (χ4v) is 22.0. The highest BCUT2D eigenvalue weighted by atomic mass is 16.4. The van der Waals surface area contributed by atoms with Crippen LogP contribution >= 0.6 is 0 Å². The molecule has 0 amide bonds. The Morgan fingerprint density at radius 1 is 0.119 bits per heavy atom. The second-order valence-corrected chi connectivity index (χ2v) is 36.7. The monoisotopic (exact) mass is 1830 g/mol. The van der Waals surface area contributed by atoms with Gasteiger partial charge in [0.05, 0.1) is 39.8 Å². The molecule has 30 aromatic rings. The lowest BCUT2D eigenvalue weighted by Crippen LogP contribution is -2.11. The van der Waals surface area contributed by atoms with Gasteiger partial charge in [-0.15, -0.1) is 0 Å². The summed E-state index contributed by atoms with van der Waals surface area (Å²) in [5.74, 6) is 0. The smallest absolute Gasteiger partial charge is 0.159 e. The summed E-state index contributed by atoms with van der Waals surface area (Å²) >= 11 is 0. The van der Waals surface area contributed by atoms with Crippen LogP contribution in [0.4, 0.5) is 51.2 Å². The van der Waals surface area contributed by atoms with Crippen LogP contribution in [0.1, 0.15) is 0 Å². The van der Waals surface area contributed by atoms with Crippen LogP contribution in [-0.4, -0.2) is 0 Å². The Morgan fingerprint density at radius 2 is 0.385 bits per heavy atom. The topological polar surface area (TPSA) is 88.6 Å². The molecular formula is C134H83N3O6. The molecule has 6 heterocycles. The SMILES string of the molecule is c1ccc(-c2ccc(N(c3ccc(-c4ccc5oc6ccccc6c5c4)c4ccccc34)c3cccc4c3oc3ccccc34)cc2)cc1.c1ccc2c(N(c3ccc(-c4ccc5oc6ccccc6c5c4)c4ccccc34)c3cccc4c3oc3ccccc34)cccc2c1.c1ccc2cc(N(c3ccc(-c4ccc5oc6ccccc6c5c4)c4ccccc34)c3cccc4c3oc3ccccc34)ccc2c1. The lowest BCUT2D eigenvalue weighted by atomic mass is 9.95. The number of anilines is 9. The minimum absolute atomic E-state index is 0.862. The molecule has 670 valence electrons. The largest absolute Gasteiger partial charge is 0.456 e. The van der Waals surface area contributed by atoms with E-state index in [1.807, 2.05) is 72.8 Å². The normalized spacial score (nSPS) is 11.8. The zero-order chi connectivity index (χ0) is 94.1. The summed E-state index contributed by atoms with van der Waals surface area (Å²) in [4.78, 5) is 7.08. The summed E-state index contributed by atoms with van der Waals surface area (Å²) in [6, 6.07) is 178. The van der Waals surface area contributed by atoms with Crippen LogP contribution in [-0.2, 0) is 0 Å². The zero-order valence-electron chi connectivity index (χ0n) is 77.2. The van der Waals surface area contributed by atoms with Crippen molar-refractivity contribution in [1.82, 2.24) is 0 Å². The molecule has 0 aliphatic rings. The van der Waals surface area contributed by atoms with Crippen molar-refractivity contribution >= 4 is 237 Å². The Kier molecular flexibility index (Phi) is 19.5. The lowest BCUT2D eigenvalue weighted by Gasteiger charge is -2.28. The van der Waals surface area contributed by atoms with E-state index in [0.29, 0.717) is 0 Å². The minimum Gasteiger partial charge on any atom is -0.456 e. The first-order valence-corrected chi connectivity index (χ1v) is 48.5. The standard InChI is InChI=1S/C46H29NO2.2C44H27NO2/c1-2-11-30(12-3-1)31-21-24-33(25-22-31)47(42-18-10-17-39-37-15-6-9-20-44(37)49-46(39)42)41-27-26-34(35-13-4-5-14-36(35)41)32-23-28-45-40(29-32)38-16-7-8-19-43(38)48-45;1-2-13-31-28(11-1)12-9-19-38(31)45(40-20-10-18-36-34-16-5-8-22-42(34)47-44(36)40)39-25-24-30(32-14-3-4-15-33(32)39)29-23-26-43-37(27-29)35-17-6-7-21-41(35)46-43;1-2-11-29-26-31(22-20-28(29)10-1)45(40-17-9-16-37-35-14-5-8-19-42(35)47-44(37)40)39-24-23-32(33-12-3-4-13-34(33)39)30-21-25-43-38(27-30)36-15-6-7-18-41(36)46-43/h1-29H;2*1-27H. The Balaban J connectivity index is 0.000000105. The quantitative estimate of drug-likeness (QED) is 0.112. The maximum absolute atomic E-state index is 6.64. The molecule has 24 aromatic carbocycles. The summed E-state index contributed by atoms with van der Waals surface area (Å²) < 4.78 is 38.3. The van der Waals surface area contributed by atoms with Gasteiger partial charge in [0.25, 0.3) is 0 Å². The number of fused-ring (bicyclic) bond motifs is 23. The van der Waals surface area contributed by atoms with E-state index in [1.165, 1.54) is 65.5 Å². The van der Waals surface area contributed by atoms with E-state index < -0.39 is 0 Å². The fourth-order valence-electron chi connectivity index (χ4n) is 22.0. The summed E-state index contributed by atoms with van der Waals surface area (Å²) in [6.45, 7) is 0. The molecule has 0 bridgehead atoms. The van der Waals surface area contributed by atoms with Gasteiger partial charge in [-0.1, -0.05) is 364 Å². The summed E-state index contributed by atoms with van der Waals surface area (Å²) in [5, 5.41) is 25.2. The van der Waals surface area contributed by atoms with E-state index in [2.05, 4.69) is 445 Å². The molecule has 9 nitrogen and oxygen atoms in total. The van der Waals surface area contributed by atoms with Crippen molar-refractivity contribution in [2.24, 2.45) is 0 Å². The van der Waals surface area contributed by atoms with E-state index in [1.54, 1.807) is 0 Å². The van der Waals surface area contributed by atoms with Gasteiger partial charge in [-0.2, -0.15) is 0 Å². The van der Waals surface area contributed by atoms with Crippen LogP contribution in [0.2, 0.25) is 0 Å². The van der Waals surface area contributed by atoms with Gasteiger partial charge in [0.1, 0.15) is 50.2 Å². The maximum Gasteiger partial charge on any atom is 0.159 e. The Bertz CT molecular complexity index is 10300. The van der Waals surface area contributed by atoms with Crippen LogP contribution in [0.25, 0.3) is 230 Å². The highest BCUT2D eigenvalue weighted by Gasteiger charge is 2.29. The van der Waals surface area contributed by atoms with Gasteiger partial charge in [-0.3, -0.25) is 0 Å². The Labute approximate surface area is 820 Å². The summed E-state index contributed by atoms with van der Waals surface area (Å²) in [5.41, 5.74) is 29.5. The molecule has 0 unspecified atom stereocenters. The van der Waals surface area contributed by atoms with Gasteiger partial charge < -0.3 is 41.2 Å². The Morgan fingerprint density at radius 3 is 0.804 bits per heavy atom. The van der Waals surface area contributed by atoms with E-state index in [9.17, 15) is 0 Å². The molecule has 0 N–H and O–H groups in total. The first-order valence-electron chi connectivity index (χ1n) is 48.5. The summed E-state index contributed by atoms with van der Waals surface area (Å²) in [7, 11) is 0. The first-order chi connectivity index (χ1) is 70.9. The average Bonchev–Trinajstić information content (AvgIpc) is 1.73. The molecule has 0 saturated heterocycles. The molecule has 0 saturated carbocycles. The van der Waals surface area contributed by atoms with Crippen molar-refractivity contribution in [3.63, 3.8) is 0 Å². The fraction of sp³-hybridized carbons (Fsp3) is 0. The molecule has 143 heavy (non-hydrogen) atoms. The number of para-hydroxylation sites is 9. The van der Waals surface area contributed by atoms with Gasteiger partial charge in [0.2, 0.25) is 0 Å². The number of benzene rings is 24. The second kappa shape index (κ2) is 33.9. The van der Waals surface area contributed by atoms with Gasteiger partial charge in [-0.25, -0.2) is 0 Å². The van der Waals surface area contributed by atoms with Crippen molar-refractivity contribution in [3.8, 4) is 44.5 Å². The van der Waals surface area contributed by atoms with Crippen LogP contribution in [0.3, 0.4) is 0 Å². The van der Waals surface area contributed by atoms with Crippen molar-refractivity contribution in [1.29, 1.82) is 0 Å². The van der Waals surface area contributed by atoms with Crippen molar-refractivity contribution in [2.75, 3.05) is 14.7 Å². The van der Waals surface area contributed by atoms with Crippen LogP contribution < -0.4 is 14.7 Å². The van der Waals surface area contributed by atoms with Crippen LogP contribution in [0, 0.1) is 0 Å². The molecule has 30 rings (SSSR count). The molecule has 0 radical (unpaired) electrons. The van der Waals surface area contributed by atoms with Crippen LogP contribution in [0.5, 0.6) is 0 Å². The van der Waals surface area contributed by atoms with Gasteiger partial charge >= 0.3 is 0 Å². The average molecular weight is 1830 g/mol. The van der Waals surface area contributed by atoms with Gasteiger partial charge in [-0.05, 0) is 216 Å². The number of nitrogens with zero attached hydrogens (tertiary/aromatic N) is 3. The molecule has 0 spiro atoms. The van der Waals surface area contributed by atoms with Gasteiger partial charge in [0.15, 0.2) is 16.7 Å². The molecule has 0 aliphatic heterocycles. The number of rotatable bonds is 13. The molecule has 0 fully saturated rings. The highest BCUT2D eigenvalue weighted by Crippen LogP contribution is 2.53. The van der Waals surface area contributed by atoms with Crippen molar-refractivity contribution in [3.05, 3.63) is 504 Å². The third-order valence-corrected chi connectivity index (χ3v) is 28.6. The van der Waals surface area contributed by atoms with Crippen molar-refractivity contribution in [2.45, 2.75) is 0 Å². The van der Waals surface area contributed by atoms with Gasteiger partial charge in [0, 0.05) is 97.6 Å². The van der Waals surface area contributed by atoms with E-state index >= 15 is 0 Å². The highest BCUT2D eigenvalue weighted by molar-refractivity contribution is 6.20. The zero-order valence-corrected chi connectivity index (χ0v) is 77.2. The number of hydrogen-bond donors (Lipinski definition) is 0. The van der Waals surface area contributed by atoms with Crippen molar-refractivity contribution < 1.29 is 26.5 Å². The summed E-state index contributed by atoms with van der Waals surface area (Å²) in [6.07, 6.45) is 0. The predicted molar refractivity (Wildman–Crippen MR) is 596 cm³/mol. The maximum atomic E-state index is 6.64.